The first-order valence-electron chi connectivity index (χ1n) is 7.55. The predicted molar refractivity (Wildman–Crippen MR) is 76.7 cm³/mol. The van der Waals surface area contributed by atoms with Crippen LogP contribution in [0.5, 0.6) is 0 Å². The van der Waals surface area contributed by atoms with Gasteiger partial charge in [-0.1, -0.05) is 12.1 Å². The van der Waals surface area contributed by atoms with Gasteiger partial charge in [0.25, 0.3) is 5.91 Å². The Bertz CT molecular complexity index is 591. The van der Waals surface area contributed by atoms with Crippen molar-refractivity contribution in [1.82, 2.24) is 20.3 Å². The fourth-order valence-corrected chi connectivity index (χ4v) is 2.88. The number of aryl methyl sites for hydroxylation is 1. The fraction of sp³-hybridized carbons (Fsp3) is 0.533. The molecule has 1 aliphatic heterocycles. The van der Waals surface area contributed by atoms with Crippen molar-refractivity contribution in [2.24, 2.45) is 0 Å². The second-order valence-corrected chi connectivity index (χ2v) is 5.45. The third-order valence-electron chi connectivity index (χ3n) is 3.92. The van der Waals surface area contributed by atoms with Gasteiger partial charge in [0.1, 0.15) is 5.76 Å². The number of H-pyrrole nitrogens is 1. The smallest absolute Gasteiger partial charge is 0.276 e. The minimum Gasteiger partial charge on any atom is -0.361 e. The number of hydrogen-bond donors (Lipinski definition) is 1. The van der Waals surface area contributed by atoms with Gasteiger partial charge in [-0.05, 0) is 31.7 Å². The quantitative estimate of drug-likeness (QED) is 0.938. The molecule has 1 aliphatic rings. The highest BCUT2D eigenvalue weighted by molar-refractivity contribution is 5.92. The number of hydrogen-bond acceptors (Lipinski definition) is 4. The topological polar surface area (TPSA) is 75.0 Å². The molecule has 1 atom stereocenters. The molecule has 6 nitrogen and oxygen atoms in total. The lowest BCUT2D eigenvalue weighted by atomic mass is 9.99. The van der Waals surface area contributed by atoms with Crippen LogP contribution in [-0.2, 0) is 6.42 Å². The normalized spacial score (nSPS) is 18.9. The molecular formula is C15H20N4O2. The van der Waals surface area contributed by atoms with Crippen LogP contribution in [0.2, 0.25) is 0 Å². The average Bonchev–Trinajstić information content (AvgIpc) is 3.18. The van der Waals surface area contributed by atoms with Crippen molar-refractivity contribution in [2.45, 2.75) is 45.1 Å². The number of aromatic amines is 1. The first-order valence-corrected chi connectivity index (χ1v) is 7.55. The molecule has 0 saturated carbocycles. The van der Waals surface area contributed by atoms with E-state index in [4.69, 9.17) is 4.52 Å². The van der Waals surface area contributed by atoms with Gasteiger partial charge in [-0.3, -0.25) is 9.89 Å². The van der Waals surface area contributed by atoms with E-state index in [0.717, 1.165) is 50.1 Å². The summed E-state index contributed by atoms with van der Waals surface area (Å²) in [6, 6.07) is 3.76. The van der Waals surface area contributed by atoms with Gasteiger partial charge in [-0.15, -0.1) is 0 Å². The molecule has 1 amide bonds. The van der Waals surface area contributed by atoms with Gasteiger partial charge in [-0.25, -0.2) is 0 Å². The zero-order valence-electron chi connectivity index (χ0n) is 12.2. The van der Waals surface area contributed by atoms with E-state index in [9.17, 15) is 4.79 Å². The van der Waals surface area contributed by atoms with E-state index >= 15 is 0 Å². The summed E-state index contributed by atoms with van der Waals surface area (Å²) in [5.41, 5.74) is 1.39. The molecule has 6 heteroatoms. The van der Waals surface area contributed by atoms with Crippen molar-refractivity contribution in [1.29, 1.82) is 0 Å². The Morgan fingerprint density at radius 2 is 2.43 bits per heavy atom. The van der Waals surface area contributed by atoms with Crippen LogP contribution in [0, 0.1) is 0 Å². The van der Waals surface area contributed by atoms with Crippen LogP contribution in [-0.4, -0.2) is 32.7 Å². The van der Waals surface area contributed by atoms with Crippen molar-refractivity contribution in [3.05, 3.63) is 35.5 Å². The third-order valence-corrected chi connectivity index (χ3v) is 3.92. The van der Waals surface area contributed by atoms with E-state index < -0.39 is 0 Å². The van der Waals surface area contributed by atoms with Crippen LogP contribution in [0.1, 0.15) is 60.6 Å². The Morgan fingerprint density at radius 1 is 1.52 bits per heavy atom. The Morgan fingerprint density at radius 3 is 3.19 bits per heavy atom. The first-order chi connectivity index (χ1) is 10.3. The van der Waals surface area contributed by atoms with Crippen molar-refractivity contribution in [3.8, 4) is 0 Å². The summed E-state index contributed by atoms with van der Waals surface area (Å²) in [5, 5.41) is 10.9. The molecule has 21 heavy (non-hydrogen) atoms. The van der Waals surface area contributed by atoms with Crippen LogP contribution in [0.4, 0.5) is 0 Å². The van der Waals surface area contributed by atoms with Gasteiger partial charge in [0.15, 0.2) is 5.69 Å². The predicted octanol–water partition coefficient (Wildman–Crippen LogP) is 2.72. The molecule has 1 fully saturated rings. The summed E-state index contributed by atoms with van der Waals surface area (Å²) >= 11 is 0. The molecule has 0 spiro atoms. The molecular weight excluding hydrogens is 268 g/mol. The monoisotopic (exact) mass is 288 g/mol. The molecule has 0 unspecified atom stereocenters. The van der Waals surface area contributed by atoms with Gasteiger partial charge in [0.05, 0.1) is 11.7 Å². The Balaban J connectivity index is 1.80. The van der Waals surface area contributed by atoms with E-state index in [1.54, 1.807) is 12.3 Å². The molecule has 3 rings (SSSR count). The minimum atomic E-state index is -0.0552. The highest BCUT2D eigenvalue weighted by atomic mass is 16.5. The number of piperidine rings is 1. The number of rotatable bonds is 4. The van der Waals surface area contributed by atoms with E-state index in [1.165, 1.54) is 0 Å². The van der Waals surface area contributed by atoms with Gasteiger partial charge >= 0.3 is 0 Å². The first kappa shape index (κ1) is 13.9. The number of amides is 1. The summed E-state index contributed by atoms with van der Waals surface area (Å²) in [6.07, 6.45) is 6.60. The van der Waals surface area contributed by atoms with Crippen molar-refractivity contribution >= 4 is 5.91 Å². The average molecular weight is 288 g/mol. The van der Waals surface area contributed by atoms with Crippen molar-refractivity contribution in [2.75, 3.05) is 6.54 Å². The van der Waals surface area contributed by atoms with Gasteiger partial charge in [-0.2, -0.15) is 5.10 Å². The van der Waals surface area contributed by atoms with Gasteiger partial charge in [0, 0.05) is 25.2 Å². The number of nitrogens with zero attached hydrogens (tertiary/aromatic N) is 3. The highest BCUT2D eigenvalue weighted by Crippen LogP contribution is 2.30. The molecule has 0 bridgehead atoms. The summed E-state index contributed by atoms with van der Waals surface area (Å²) in [6.45, 7) is 2.82. The molecule has 112 valence electrons. The van der Waals surface area contributed by atoms with Crippen LogP contribution in [0.3, 0.4) is 0 Å². The summed E-state index contributed by atoms with van der Waals surface area (Å²) in [4.78, 5) is 14.6. The molecule has 2 aromatic heterocycles. The second-order valence-electron chi connectivity index (χ2n) is 5.45. The highest BCUT2D eigenvalue weighted by Gasteiger charge is 2.31. The Labute approximate surface area is 123 Å². The lowest BCUT2D eigenvalue weighted by Crippen LogP contribution is -2.38. The molecule has 2 aromatic rings. The van der Waals surface area contributed by atoms with E-state index in [2.05, 4.69) is 22.3 Å². The van der Waals surface area contributed by atoms with Crippen molar-refractivity contribution < 1.29 is 9.32 Å². The number of aromatic nitrogens is 3. The number of carbonyl (C=O) groups excluding carboxylic acids is 1. The zero-order valence-corrected chi connectivity index (χ0v) is 12.2. The number of carbonyl (C=O) groups is 1. The second kappa shape index (κ2) is 6.11. The molecule has 1 saturated heterocycles. The van der Waals surface area contributed by atoms with Crippen LogP contribution < -0.4 is 0 Å². The third kappa shape index (κ3) is 2.84. The summed E-state index contributed by atoms with van der Waals surface area (Å²) in [5.74, 6) is 0.719. The SMILES string of the molecule is CCCc1cc(C(=O)N2CCCC[C@@H]2c2ccn[nH]2)no1. The molecule has 0 aromatic carbocycles. The summed E-state index contributed by atoms with van der Waals surface area (Å²) in [7, 11) is 0. The maximum atomic E-state index is 12.7. The molecule has 1 N–H and O–H groups in total. The van der Waals surface area contributed by atoms with E-state index in [1.807, 2.05) is 11.0 Å². The van der Waals surface area contributed by atoms with Crippen molar-refractivity contribution in [3.63, 3.8) is 0 Å². The fourth-order valence-electron chi connectivity index (χ4n) is 2.88. The van der Waals surface area contributed by atoms with Gasteiger partial charge < -0.3 is 9.42 Å². The van der Waals surface area contributed by atoms with Crippen LogP contribution >= 0.6 is 0 Å². The number of likely N-dealkylation sites (tertiary alicyclic amines) is 1. The van der Waals surface area contributed by atoms with Crippen LogP contribution in [0.15, 0.2) is 22.9 Å². The molecule has 0 radical (unpaired) electrons. The summed E-state index contributed by atoms with van der Waals surface area (Å²) < 4.78 is 5.23. The minimum absolute atomic E-state index is 0.0552. The van der Waals surface area contributed by atoms with E-state index in [-0.39, 0.29) is 11.9 Å². The Hall–Kier alpha value is -2.11. The number of nitrogens with one attached hydrogen (secondary N) is 1. The lowest BCUT2D eigenvalue weighted by Gasteiger charge is -2.34. The van der Waals surface area contributed by atoms with Crippen LogP contribution in [0.25, 0.3) is 0 Å². The molecule has 3 heterocycles. The standard InChI is InChI=1S/C15H20N4O2/c1-2-5-11-10-13(18-21-11)15(20)19-9-4-3-6-14(19)12-7-8-16-17-12/h7-8,10,14H,2-6,9H2,1H3,(H,16,17)/t14-/m1/s1. The maximum absolute atomic E-state index is 12.7. The zero-order chi connectivity index (χ0) is 14.7. The molecule has 0 aliphatic carbocycles. The largest absolute Gasteiger partial charge is 0.361 e. The van der Waals surface area contributed by atoms with E-state index in [0.29, 0.717) is 5.69 Å². The maximum Gasteiger partial charge on any atom is 0.276 e. The Kier molecular flexibility index (Phi) is 4.03. The lowest BCUT2D eigenvalue weighted by molar-refractivity contribution is 0.0595. The van der Waals surface area contributed by atoms with Gasteiger partial charge in [0.2, 0.25) is 0 Å².